The first-order valence-electron chi connectivity index (χ1n) is 6.06. The van der Waals surface area contributed by atoms with Gasteiger partial charge in [0.05, 0.1) is 11.5 Å². The highest BCUT2D eigenvalue weighted by molar-refractivity contribution is 5.92. The third-order valence-corrected chi connectivity index (χ3v) is 3.22. The summed E-state index contributed by atoms with van der Waals surface area (Å²) in [7, 11) is 0. The smallest absolute Gasteiger partial charge is 0.272 e. The lowest BCUT2D eigenvalue weighted by Crippen LogP contribution is -2.44. The summed E-state index contributed by atoms with van der Waals surface area (Å²) in [6.45, 7) is 0.945. The lowest BCUT2D eigenvalue weighted by atomic mass is 9.97. The maximum absolute atomic E-state index is 12.2. The second kappa shape index (κ2) is 5.48. The fraction of sp³-hybridized carbons (Fsp3) is 0.385. The van der Waals surface area contributed by atoms with Gasteiger partial charge in [0.25, 0.3) is 5.91 Å². The molecule has 19 heavy (non-hydrogen) atoms. The summed E-state index contributed by atoms with van der Waals surface area (Å²) in [6.07, 6.45) is 2.85. The van der Waals surface area contributed by atoms with Gasteiger partial charge in [0, 0.05) is 19.3 Å². The molecule has 1 aromatic heterocycles. The highest BCUT2D eigenvalue weighted by atomic mass is 16.2. The zero-order valence-corrected chi connectivity index (χ0v) is 10.4. The van der Waals surface area contributed by atoms with Crippen LogP contribution in [-0.2, 0) is 4.79 Å². The summed E-state index contributed by atoms with van der Waals surface area (Å²) in [5.74, 6) is -0.878. The molecule has 6 heteroatoms. The van der Waals surface area contributed by atoms with Crippen molar-refractivity contribution < 1.29 is 9.59 Å². The number of carbonyl (C=O) groups is 2. The van der Waals surface area contributed by atoms with Crippen LogP contribution in [0.25, 0.3) is 0 Å². The second-order valence-electron chi connectivity index (χ2n) is 4.54. The lowest BCUT2D eigenvalue weighted by molar-refractivity contribution is -0.123. The summed E-state index contributed by atoms with van der Waals surface area (Å²) in [5, 5.41) is 8.67. The van der Waals surface area contributed by atoms with E-state index in [1.54, 1.807) is 11.0 Å². The van der Waals surface area contributed by atoms with Crippen molar-refractivity contribution in [1.82, 2.24) is 9.88 Å². The third-order valence-electron chi connectivity index (χ3n) is 3.22. The Hall–Kier alpha value is -2.42. The number of pyridine rings is 1. The molecule has 2 heterocycles. The highest BCUT2D eigenvalue weighted by Crippen LogP contribution is 2.17. The Kier molecular flexibility index (Phi) is 3.76. The van der Waals surface area contributed by atoms with E-state index in [0.717, 1.165) is 12.8 Å². The number of hydrogen-bond acceptors (Lipinski definition) is 4. The molecule has 1 aromatic rings. The van der Waals surface area contributed by atoms with Crippen molar-refractivity contribution in [3.63, 3.8) is 0 Å². The van der Waals surface area contributed by atoms with Crippen LogP contribution in [0.4, 0.5) is 0 Å². The quantitative estimate of drug-likeness (QED) is 0.823. The fourth-order valence-corrected chi connectivity index (χ4v) is 2.14. The van der Waals surface area contributed by atoms with E-state index in [2.05, 4.69) is 4.98 Å². The minimum atomic E-state index is -0.370. The monoisotopic (exact) mass is 258 g/mol. The number of piperidine rings is 1. The molecule has 2 amide bonds. The molecule has 0 spiro atoms. The number of hydrogen-bond donors (Lipinski definition) is 1. The number of nitrogens with zero attached hydrogens (tertiary/aromatic N) is 3. The molecule has 1 unspecified atom stereocenters. The molecule has 1 aliphatic heterocycles. The van der Waals surface area contributed by atoms with Crippen molar-refractivity contribution >= 4 is 11.8 Å². The predicted octanol–water partition coefficient (Wildman–Crippen LogP) is 0.291. The van der Waals surface area contributed by atoms with Gasteiger partial charge in [0.2, 0.25) is 5.91 Å². The fourth-order valence-electron chi connectivity index (χ4n) is 2.14. The first-order valence-corrected chi connectivity index (χ1v) is 6.06. The van der Waals surface area contributed by atoms with Crippen LogP contribution < -0.4 is 5.73 Å². The molecular formula is C13H14N4O2. The maximum Gasteiger partial charge on any atom is 0.272 e. The minimum Gasteiger partial charge on any atom is -0.369 e. The van der Waals surface area contributed by atoms with Gasteiger partial charge in [-0.1, -0.05) is 0 Å². The molecule has 0 radical (unpaired) electrons. The molecule has 1 aliphatic rings. The van der Waals surface area contributed by atoms with Crippen LogP contribution in [0, 0.1) is 17.2 Å². The van der Waals surface area contributed by atoms with Crippen molar-refractivity contribution in [2.75, 3.05) is 13.1 Å². The zero-order chi connectivity index (χ0) is 13.8. The largest absolute Gasteiger partial charge is 0.369 e. The zero-order valence-electron chi connectivity index (χ0n) is 10.4. The molecule has 2 N–H and O–H groups in total. The Labute approximate surface area is 110 Å². The predicted molar refractivity (Wildman–Crippen MR) is 66.8 cm³/mol. The Morgan fingerprint density at radius 1 is 1.47 bits per heavy atom. The number of amides is 2. The van der Waals surface area contributed by atoms with E-state index in [4.69, 9.17) is 11.0 Å². The average molecular weight is 258 g/mol. The summed E-state index contributed by atoms with van der Waals surface area (Å²) in [4.78, 5) is 28.9. The molecule has 98 valence electrons. The number of nitrogens with two attached hydrogens (primary N) is 1. The third kappa shape index (κ3) is 2.88. The molecule has 1 fully saturated rings. The van der Waals surface area contributed by atoms with Crippen molar-refractivity contribution in [2.45, 2.75) is 12.8 Å². The van der Waals surface area contributed by atoms with Crippen LogP contribution in [0.3, 0.4) is 0 Å². The molecule has 1 saturated heterocycles. The number of nitriles is 1. The Morgan fingerprint density at radius 2 is 2.26 bits per heavy atom. The van der Waals surface area contributed by atoms with Gasteiger partial charge in [-0.2, -0.15) is 5.26 Å². The standard InChI is InChI=1S/C13H14N4O2/c14-6-9-3-4-11(16-7-9)13(19)17-5-1-2-10(8-17)12(15)18/h3-4,7,10H,1-2,5,8H2,(H2,15,18). The van der Waals surface area contributed by atoms with Crippen molar-refractivity contribution in [2.24, 2.45) is 11.7 Å². The lowest BCUT2D eigenvalue weighted by Gasteiger charge is -2.30. The summed E-state index contributed by atoms with van der Waals surface area (Å²) in [6, 6.07) is 5.02. The minimum absolute atomic E-state index is 0.226. The summed E-state index contributed by atoms with van der Waals surface area (Å²) in [5.41, 5.74) is 5.97. The van der Waals surface area contributed by atoms with Crippen molar-refractivity contribution in [3.05, 3.63) is 29.6 Å². The molecule has 0 aliphatic carbocycles. The molecule has 1 atom stereocenters. The average Bonchev–Trinajstić information content (AvgIpc) is 2.46. The van der Waals surface area contributed by atoms with Gasteiger partial charge in [-0.25, -0.2) is 4.98 Å². The number of rotatable bonds is 2. The van der Waals surface area contributed by atoms with Crippen LogP contribution in [0.1, 0.15) is 28.9 Å². The number of likely N-dealkylation sites (tertiary alicyclic amines) is 1. The van der Waals surface area contributed by atoms with Crippen LogP contribution in [0.15, 0.2) is 18.3 Å². The van der Waals surface area contributed by atoms with Crippen LogP contribution in [0.5, 0.6) is 0 Å². The van der Waals surface area contributed by atoms with Crippen LogP contribution in [-0.4, -0.2) is 34.8 Å². The summed E-state index contributed by atoms with van der Waals surface area (Å²) < 4.78 is 0. The van der Waals surface area contributed by atoms with Gasteiger partial charge in [-0.3, -0.25) is 9.59 Å². The number of primary amides is 1. The molecular weight excluding hydrogens is 244 g/mol. The van der Waals surface area contributed by atoms with E-state index in [0.29, 0.717) is 18.7 Å². The van der Waals surface area contributed by atoms with Crippen LogP contribution >= 0.6 is 0 Å². The van der Waals surface area contributed by atoms with E-state index < -0.39 is 0 Å². The highest BCUT2D eigenvalue weighted by Gasteiger charge is 2.27. The normalized spacial score (nSPS) is 18.7. The molecule has 0 saturated carbocycles. The van der Waals surface area contributed by atoms with E-state index in [9.17, 15) is 9.59 Å². The van der Waals surface area contributed by atoms with E-state index in [-0.39, 0.29) is 23.4 Å². The van der Waals surface area contributed by atoms with E-state index in [1.165, 1.54) is 12.3 Å². The van der Waals surface area contributed by atoms with E-state index >= 15 is 0 Å². The van der Waals surface area contributed by atoms with Gasteiger partial charge < -0.3 is 10.6 Å². The SMILES string of the molecule is N#Cc1ccc(C(=O)N2CCCC(C(N)=O)C2)nc1. The van der Waals surface area contributed by atoms with Crippen molar-refractivity contribution in [3.8, 4) is 6.07 Å². The van der Waals surface area contributed by atoms with Crippen LogP contribution in [0.2, 0.25) is 0 Å². The number of carbonyl (C=O) groups excluding carboxylic acids is 2. The van der Waals surface area contributed by atoms with Gasteiger partial charge in [-0.05, 0) is 25.0 Å². The van der Waals surface area contributed by atoms with Crippen molar-refractivity contribution in [1.29, 1.82) is 5.26 Å². The first-order chi connectivity index (χ1) is 9.11. The van der Waals surface area contributed by atoms with Gasteiger partial charge in [-0.15, -0.1) is 0 Å². The maximum atomic E-state index is 12.2. The molecule has 0 aromatic carbocycles. The Balaban J connectivity index is 2.10. The van der Waals surface area contributed by atoms with Gasteiger partial charge >= 0.3 is 0 Å². The molecule has 2 rings (SSSR count). The van der Waals surface area contributed by atoms with Gasteiger partial charge in [0.15, 0.2) is 0 Å². The topological polar surface area (TPSA) is 100 Å². The first kappa shape index (κ1) is 13.0. The Morgan fingerprint density at radius 3 is 2.84 bits per heavy atom. The van der Waals surface area contributed by atoms with Gasteiger partial charge in [0.1, 0.15) is 11.8 Å². The second-order valence-corrected chi connectivity index (χ2v) is 4.54. The molecule has 0 bridgehead atoms. The van der Waals surface area contributed by atoms with E-state index in [1.807, 2.05) is 6.07 Å². The number of aromatic nitrogens is 1. The summed E-state index contributed by atoms with van der Waals surface area (Å²) >= 11 is 0. The molecule has 6 nitrogen and oxygen atoms in total. The Bertz CT molecular complexity index is 533.